The van der Waals surface area contributed by atoms with Crippen molar-refractivity contribution >= 4 is 17.4 Å². The van der Waals surface area contributed by atoms with Gasteiger partial charge in [-0.05, 0) is 44.0 Å². The smallest absolute Gasteiger partial charge is 0.274 e. The fourth-order valence-electron chi connectivity index (χ4n) is 2.21. The maximum absolute atomic E-state index is 12.0. The zero-order chi connectivity index (χ0) is 15.9. The van der Waals surface area contributed by atoms with E-state index >= 15 is 0 Å². The Labute approximate surface area is 131 Å². The number of nitrogens with zero attached hydrogens (tertiary/aromatic N) is 2. The van der Waals surface area contributed by atoms with E-state index in [4.69, 9.17) is 9.57 Å². The van der Waals surface area contributed by atoms with E-state index in [0.717, 1.165) is 31.0 Å². The molecule has 0 bridgehead atoms. The number of carbonyl (C=O) groups is 1. The van der Waals surface area contributed by atoms with Crippen molar-refractivity contribution in [3.63, 3.8) is 0 Å². The van der Waals surface area contributed by atoms with Gasteiger partial charge in [-0.25, -0.2) is 5.48 Å². The van der Waals surface area contributed by atoms with E-state index in [1.807, 2.05) is 31.0 Å². The molecule has 0 saturated carbocycles. The predicted molar refractivity (Wildman–Crippen MR) is 86.3 cm³/mol. The van der Waals surface area contributed by atoms with E-state index in [9.17, 15) is 4.79 Å². The van der Waals surface area contributed by atoms with Gasteiger partial charge in [0.25, 0.3) is 5.91 Å². The van der Waals surface area contributed by atoms with Crippen molar-refractivity contribution in [3.05, 3.63) is 29.8 Å². The topological polar surface area (TPSA) is 63.2 Å². The fraction of sp³-hybridized carbons (Fsp3) is 0.500. The number of benzene rings is 1. The second-order valence-electron chi connectivity index (χ2n) is 5.25. The lowest BCUT2D eigenvalue weighted by Gasteiger charge is -2.18. The Kier molecular flexibility index (Phi) is 5.91. The van der Waals surface area contributed by atoms with Crippen LogP contribution in [0.4, 0.5) is 5.69 Å². The van der Waals surface area contributed by atoms with Crippen LogP contribution >= 0.6 is 0 Å². The summed E-state index contributed by atoms with van der Waals surface area (Å²) in [6.45, 7) is 3.09. The van der Waals surface area contributed by atoms with Crippen molar-refractivity contribution in [2.45, 2.75) is 25.9 Å². The summed E-state index contributed by atoms with van der Waals surface area (Å²) in [5.74, 6) is 0.644. The van der Waals surface area contributed by atoms with E-state index < -0.39 is 0 Å². The molecule has 1 fully saturated rings. The lowest BCUT2D eigenvalue weighted by Crippen LogP contribution is -2.28. The Morgan fingerprint density at radius 1 is 1.45 bits per heavy atom. The van der Waals surface area contributed by atoms with Crippen LogP contribution in [0, 0.1) is 0 Å². The third kappa shape index (κ3) is 4.29. The zero-order valence-corrected chi connectivity index (χ0v) is 13.3. The first kappa shape index (κ1) is 16.5. The molecule has 1 aliphatic heterocycles. The number of anilines is 1. The number of ether oxygens (including phenoxy) is 1. The number of amides is 1. The summed E-state index contributed by atoms with van der Waals surface area (Å²) < 4.78 is 5.42. The molecule has 0 aliphatic carbocycles. The molecule has 1 aromatic carbocycles. The molecule has 1 saturated heterocycles. The van der Waals surface area contributed by atoms with E-state index in [-0.39, 0.29) is 12.0 Å². The third-order valence-electron chi connectivity index (χ3n) is 3.78. The standard InChI is InChI=1S/C16H23N3O3/c1-12(17-2)19(3)14-8-6-13(7-9-14)16(20)18-22-11-15-5-4-10-21-15/h6-9,15H,4-5,10-11H2,1-3H3,(H,18,20). The predicted octanol–water partition coefficient (Wildman–Crippen LogP) is 2.01. The Balaban J connectivity index is 1.85. The molecule has 1 aromatic rings. The Morgan fingerprint density at radius 2 is 2.18 bits per heavy atom. The molecule has 120 valence electrons. The van der Waals surface area contributed by atoms with Gasteiger partial charge in [0.2, 0.25) is 0 Å². The minimum Gasteiger partial charge on any atom is -0.376 e. The second kappa shape index (κ2) is 7.91. The monoisotopic (exact) mass is 305 g/mol. The van der Waals surface area contributed by atoms with Gasteiger partial charge in [-0.1, -0.05) is 0 Å². The molecule has 1 N–H and O–H groups in total. The normalized spacial score (nSPS) is 18.3. The van der Waals surface area contributed by atoms with E-state index in [1.54, 1.807) is 19.2 Å². The molecule has 1 heterocycles. The summed E-state index contributed by atoms with van der Waals surface area (Å²) in [7, 11) is 3.68. The van der Waals surface area contributed by atoms with Gasteiger partial charge in [-0.15, -0.1) is 0 Å². The van der Waals surface area contributed by atoms with Crippen LogP contribution in [0.3, 0.4) is 0 Å². The van der Waals surface area contributed by atoms with Gasteiger partial charge in [-0.3, -0.25) is 14.6 Å². The van der Waals surface area contributed by atoms with Gasteiger partial charge >= 0.3 is 0 Å². The maximum atomic E-state index is 12.0. The first-order valence-corrected chi connectivity index (χ1v) is 7.42. The molecule has 0 spiro atoms. The van der Waals surface area contributed by atoms with Gasteiger partial charge in [0.05, 0.1) is 11.9 Å². The highest BCUT2D eigenvalue weighted by molar-refractivity contribution is 5.97. The minimum atomic E-state index is -0.256. The van der Waals surface area contributed by atoms with Crippen LogP contribution in [0.25, 0.3) is 0 Å². The van der Waals surface area contributed by atoms with Crippen molar-refractivity contribution in [1.82, 2.24) is 5.48 Å². The van der Waals surface area contributed by atoms with Crippen molar-refractivity contribution < 1.29 is 14.4 Å². The van der Waals surface area contributed by atoms with Gasteiger partial charge < -0.3 is 9.64 Å². The Morgan fingerprint density at radius 3 is 2.77 bits per heavy atom. The highest BCUT2D eigenvalue weighted by Crippen LogP contribution is 2.15. The molecule has 1 unspecified atom stereocenters. The molecule has 0 radical (unpaired) electrons. The van der Waals surface area contributed by atoms with E-state index in [0.29, 0.717) is 12.2 Å². The van der Waals surface area contributed by atoms with Crippen molar-refractivity contribution in [3.8, 4) is 0 Å². The molecule has 1 amide bonds. The van der Waals surface area contributed by atoms with Crippen LogP contribution in [-0.4, -0.2) is 45.2 Å². The van der Waals surface area contributed by atoms with E-state index in [1.165, 1.54) is 0 Å². The molecule has 6 nitrogen and oxygen atoms in total. The lowest BCUT2D eigenvalue weighted by molar-refractivity contribution is -0.0220. The van der Waals surface area contributed by atoms with Crippen LogP contribution in [-0.2, 0) is 9.57 Å². The number of rotatable bonds is 5. The summed E-state index contributed by atoms with van der Waals surface area (Å²) in [4.78, 5) is 23.3. The van der Waals surface area contributed by atoms with Crippen LogP contribution in [0.15, 0.2) is 29.3 Å². The Bertz CT molecular complexity index is 522. The summed E-state index contributed by atoms with van der Waals surface area (Å²) in [6, 6.07) is 7.28. The van der Waals surface area contributed by atoms with Crippen LogP contribution in [0.5, 0.6) is 0 Å². The summed E-state index contributed by atoms with van der Waals surface area (Å²) in [5.41, 5.74) is 3.98. The van der Waals surface area contributed by atoms with Crippen LogP contribution < -0.4 is 10.4 Å². The van der Waals surface area contributed by atoms with E-state index in [2.05, 4.69) is 10.5 Å². The first-order chi connectivity index (χ1) is 10.6. The number of hydroxylamine groups is 1. The van der Waals surface area contributed by atoms with Gasteiger partial charge in [0.15, 0.2) is 0 Å². The van der Waals surface area contributed by atoms with Crippen LogP contribution in [0.1, 0.15) is 30.1 Å². The van der Waals surface area contributed by atoms with Crippen molar-refractivity contribution in [2.75, 3.05) is 32.2 Å². The molecule has 0 aromatic heterocycles. The minimum absolute atomic E-state index is 0.0904. The Hall–Kier alpha value is -1.92. The van der Waals surface area contributed by atoms with Gasteiger partial charge in [0, 0.05) is 32.0 Å². The molecular weight excluding hydrogens is 282 g/mol. The molecular formula is C16H23N3O3. The van der Waals surface area contributed by atoms with Crippen molar-refractivity contribution in [2.24, 2.45) is 4.99 Å². The first-order valence-electron chi connectivity index (χ1n) is 7.42. The average Bonchev–Trinajstić information content (AvgIpc) is 3.06. The van der Waals surface area contributed by atoms with Crippen LogP contribution in [0.2, 0.25) is 0 Å². The number of nitrogens with one attached hydrogen (secondary N) is 1. The van der Waals surface area contributed by atoms with Gasteiger partial charge in [-0.2, -0.15) is 0 Å². The van der Waals surface area contributed by atoms with Crippen molar-refractivity contribution in [1.29, 1.82) is 0 Å². The fourth-order valence-corrected chi connectivity index (χ4v) is 2.21. The quantitative estimate of drug-likeness (QED) is 0.513. The summed E-state index contributed by atoms with van der Waals surface area (Å²) in [6.07, 6.45) is 2.12. The molecule has 1 atom stereocenters. The number of aliphatic imine (C=N–C) groups is 1. The summed E-state index contributed by atoms with van der Waals surface area (Å²) in [5, 5.41) is 0. The molecule has 6 heteroatoms. The zero-order valence-electron chi connectivity index (χ0n) is 13.3. The number of carbonyl (C=O) groups excluding carboxylic acids is 1. The highest BCUT2D eigenvalue weighted by Gasteiger charge is 2.16. The summed E-state index contributed by atoms with van der Waals surface area (Å²) >= 11 is 0. The largest absolute Gasteiger partial charge is 0.376 e. The SMILES string of the molecule is CN=C(C)N(C)c1ccc(C(=O)NOCC2CCCO2)cc1. The van der Waals surface area contributed by atoms with Gasteiger partial charge in [0.1, 0.15) is 6.61 Å². The highest BCUT2D eigenvalue weighted by atomic mass is 16.7. The number of hydrogen-bond acceptors (Lipinski definition) is 4. The lowest BCUT2D eigenvalue weighted by atomic mass is 10.2. The number of amidine groups is 1. The molecule has 22 heavy (non-hydrogen) atoms. The molecule has 2 rings (SSSR count). The number of hydrogen-bond donors (Lipinski definition) is 1. The third-order valence-corrected chi connectivity index (χ3v) is 3.78. The average molecular weight is 305 g/mol. The second-order valence-corrected chi connectivity index (χ2v) is 5.25. The maximum Gasteiger partial charge on any atom is 0.274 e. The molecule has 1 aliphatic rings.